The fraction of sp³-hybridized carbons (Fsp3) is 0.294. The molecule has 1 saturated heterocycles. The number of likely N-dealkylation sites (tertiary alicyclic amines) is 1. The summed E-state index contributed by atoms with van der Waals surface area (Å²) in [7, 11) is 0. The van der Waals surface area contributed by atoms with Crippen molar-refractivity contribution in [1.29, 1.82) is 0 Å². The Bertz CT molecular complexity index is 932. The van der Waals surface area contributed by atoms with Crippen molar-refractivity contribution in [3.8, 4) is 0 Å². The topological polar surface area (TPSA) is 83.9 Å². The van der Waals surface area contributed by atoms with Crippen LogP contribution in [-0.2, 0) is 6.54 Å². The van der Waals surface area contributed by atoms with Crippen LogP contribution in [0.3, 0.4) is 0 Å². The van der Waals surface area contributed by atoms with E-state index in [9.17, 15) is 9.59 Å². The fourth-order valence-corrected chi connectivity index (χ4v) is 3.33. The van der Waals surface area contributed by atoms with Crippen LogP contribution < -0.4 is 5.56 Å². The van der Waals surface area contributed by atoms with E-state index in [-0.39, 0.29) is 17.5 Å². The van der Waals surface area contributed by atoms with Gasteiger partial charge >= 0.3 is 0 Å². The number of benzene rings is 1. The van der Waals surface area contributed by atoms with Crippen LogP contribution in [0.5, 0.6) is 0 Å². The standard InChI is InChI=1S/C17H17N5O2/c23-16-14-7-2-1-6-13(14)15(19-20-16)17(24)22-10-3-5-12(22)11-21-9-4-8-18-21/h1-2,4,6-9,12H,3,5,10-11H2,(H,20,23)/t12-/m1/s1. The number of nitrogens with one attached hydrogen (secondary N) is 1. The molecule has 0 saturated carbocycles. The van der Waals surface area contributed by atoms with Crippen molar-refractivity contribution in [2.75, 3.05) is 6.54 Å². The van der Waals surface area contributed by atoms with E-state index in [1.165, 1.54) is 0 Å². The van der Waals surface area contributed by atoms with E-state index in [0.29, 0.717) is 29.6 Å². The first kappa shape index (κ1) is 14.6. The molecule has 3 heterocycles. The summed E-state index contributed by atoms with van der Waals surface area (Å²) in [4.78, 5) is 26.8. The first-order chi connectivity index (χ1) is 11.7. The van der Waals surface area contributed by atoms with Gasteiger partial charge in [0.05, 0.1) is 18.0 Å². The third kappa shape index (κ3) is 2.47. The third-order valence-electron chi connectivity index (χ3n) is 4.49. The first-order valence-corrected chi connectivity index (χ1v) is 8.00. The Balaban J connectivity index is 1.68. The molecule has 2 aromatic heterocycles. The molecule has 24 heavy (non-hydrogen) atoms. The average Bonchev–Trinajstić information content (AvgIpc) is 3.27. The third-order valence-corrected chi connectivity index (χ3v) is 4.49. The molecular weight excluding hydrogens is 306 g/mol. The van der Waals surface area contributed by atoms with E-state index in [0.717, 1.165) is 12.8 Å². The van der Waals surface area contributed by atoms with Gasteiger partial charge in [0.1, 0.15) is 0 Å². The minimum Gasteiger partial charge on any atom is -0.332 e. The van der Waals surface area contributed by atoms with Gasteiger partial charge in [-0.15, -0.1) is 0 Å². The monoisotopic (exact) mass is 323 g/mol. The highest BCUT2D eigenvalue weighted by molar-refractivity contribution is 6.04. The van der Waals surface area contributed by atoms with Crippen molar-refractivity contribution in [2.24, 2.45) is 0 Å². The number of H-pyrrole nitrogens is 1. The van der Waals surface area contributed by atoms with Crippen LogP contribution in [0.2, 0.25) is 0 Å². The van der Waals surface area contributed by atoms with Crippen LogP contribution in [0.4, 0.5) is 0 Å². The number of hydrogen-bond acceptors (Lipinski definition) is 4. The molecule has 1 amide bonds. The molecule has 0 spiro atoms. The van der Waals surface area contributed by atoms with Crippen molar-refractivity contribution in [3.63, 3.8) is 0 Å². The number of amides is 1. The summed E-state index contributed by atoms with van der Waals surface area (Å²) in [5, 5.41) is 11.8. The molecule has 122 valence electrons. The molecule has 1 N–H and O–H groups in total. The van der Waals surface area contributed by atoms with Crippen molar-refractivity contribution < 1.29 is 4.79 Å². The minimum atomic E-state index is -0.281. The predicted octanol–water partition coefficient (Wildman–Crippen LogP) is 1.42. The van der Waals surface area contributed by atoms with E-state index in [4.69, 9.17) is 0 Å². The molecule has 4 rings (SSSR count). The van der Waals surface area contributed by atoms with Crippen LogP contribution in [-0.4, -0.2) is 43.4 Å². The Hall–Kier alpha value is -2.96. The summed E-state index contributed by atoms with van der Waals surface area (Å²) in [6.07, 6.45) is 5.53. The van der Waals surface area contributed by atoms with Gasteiger partial charge in [-0.2, -0.15) is 10.2 Å². The van der Waals surface area contributed by atoms with Crippen LogP contribution in [0.15, 0.2) is 47.5 Å². The number of carbonyl (C=O) groups is 1. The lowest BCUT2D eigenvalue weighted by Crippen LogP contribution is -2.39. The van der Waals surface area contributed by atoms with Crippen molar-refractivity contribution in [2.45, 2.75) is 25.4 Å². The summed E-state index contributed by atoms with van der Waals surface area (Å²) in [6, 6.07) is 9.03. The summed E-state index contributed by atoms with van der Waals surface area (Å²) in [5.74, 6) is -0.142. The lowest BCUT2D eigenvalue weighted by Gasteiger charge is -2.24. The maximum Gasteiger partial charge on any atom is 0.275 e. The van der Waals surface area contributed by atoms with Gasteiger partial charge in [-0.25, -0.2) is 5.10 Å². The van der Waals surface area contributed by atoms with Gasteiger partial charge in [0.2, 0.25) is 0 Å². The number of fused-ring (bicyclic) bond motifs is 1. The molecular formula is C17H17N5O2. The smallest absolute Gasteiger partial charge is 0.275 e. The Morgan fingerprint density at radius 3 is 2.88 bits per heavy atom. The quantitative estimate of drug-likeness (QED) is 0.790. The lowest BCUT2D eigenvalue weighted by atomic mass is 10.1. The zero-order chi connectivity index (χ0) is 16.5. The molecule has 0 aliphatic carbocycles. The van der Waals surface area contributed by atoms with E-state index in [1.54, 1.807) is 24.4 Å². The number of rotatable bonds is 3. The molecule has 1 atom stereocenters. The molecule has 0 radical (unpaired) electrons. The van der Waals surface area contributed by atoms with Crippen molar-refractivity contribution >= 4 is 16.7 Å². The van der Waals surface area contributed by atoms with Crippen molar-refractivity contribution in [1.82, 2.24) is 24.9 Å². The van der Waals surface area contributed by atoms with Crippen LogP contribution in [0, 0.1) is 0 Å². The lowest BCUT2D eigenvalue weighted by molar-refractivity contribution is 0.0716. The van der Waals surface area contributed by atoms with Gasteiger partial charge in [-0.05, 0) is 25.0 Å². The number of nitrogens with zero attached hydrogens (tertiary/aromatic N) is 4. The molecule has 1 aliphatic heterocycles. The first-order valence-electron chi connectivity index (χ1n) is 8.00. The van der Waals surface area contributed by atoms with Crippen LogP contribution in [0.1, 0.15) is 23.3 Å². The molecule has 0 unspecified atom stereocenters. The summed E-state index contributed by atoms with van der Waals surface area (Å²) >= 11 is 0. The largest absolute Gasteiger partial charge is 0.332 e. The highest BCUT2D eigenvalue weighted by Crippen LogP contribution is 2.23. The predicted molar refractivity (Wildman–Crippen MR) is 88.6 cm³/mol. The molecule has 7 nitrogen and oxygen atoms in total. The summed E-state index contributed by atoms with van der Waals surface area (Å²) in [5.41, 5.74) is 0.0224. The molecule has 0 bridgehead atoms. The number of aromatic nitrogens is 4. The highest BCUT2D eigenvalue weighted by Gasteiger charge is 2.31. The summed E-state index contributed by atoms with van der Waals surface area (Å²) in [6.45, 7) is 1.36. The van der Waals surface area contributed by atoms with Gasteiger partial charge in [-0.3, -0.25) is 14.3 Å². The second kappa shape index (κ2) is 5.92. The van der Waals surface area contributed by atoms with Gasteiger partial charge < -0.3 is 4.90 Å². The molecule has 1 aliphatic rings. The Morgan fingerprint density at radius 2 is 2.08 bits per heavy atom. The minimum absolute atomic E-state index is 0.0879. The Labute approximate surface area is 137 Å². The number of carbonyl (C=O) groups excluding carboxylic acids is 1. The van der Waals surface area contributed by atoms with E-state index in [1.807, 2.05) is 27.9 Å². The van der Waals surface area contributed by atoms with E-state index < -0.39 is 0 Å². The fourth-order valence-electron chi connectivity index (χ4n) is 3.33. The van der Waals surface area contributed by atoms with Gasteiger partial charge in [0.15, 0.2) is 5.69 Å². The SMILES string of the molecule is O=C(c1n[nH]c(=O)c2ccccc12)N1CCC[C@@H]1Cn1cccn1. The van der Waals surface area contributed by atoms with Crippen molar-refractivity contribution in [3.05, 3.63) is 58.8 Å². The number of hydrogen-bond donors (Lipinski definition) is 1. The second-order valence-electron chi connectivity index (χ2n) is 5.97. The zero-order valence-electron chi connectivity index (χ0n) is 13.1. The number of aromatic amines is 1. The average molecular weight is 323 g/mol. The molecule has 3 aromatic rings. The Morgan fingerprint density at radius 1 is 1.25 bits per heavy atom. The van der Waals surface area contributed by atoms with Gasteiger partial charge in [0.25, 0.3) is 11.5 Å². The highest BCUT2D eigenvalue weighted by atomic mass is 16.2. The molecule has 1 fully saturated rings. The van der Waals surface area contributed by atoms with Crippen LogP contribution >= 0.6 is 0 Å². The normalized spacial score (nSPS) is 17.5. The Kier molecular flexibility index (Phi) is 3.60. The van der Waals surface area contributed by atoms with Gasteiger partial charge in [-0.1, -0.05) is 18.2 Å². The molecule has 1 aromatic carbocycles. The summed E-state index contributed by atoms with van der Waals surface area (Å²) < 4.78 is 1.84. The van der Waals surface area contributed by atoms with Gasteiger partial charge in [0, 0.05) is 24.3 Å². The zero-order valence-corrected chi connectivity index (χ0v) is 13.1. The van der Waals surface area contributed by atoms with Crippen LogP contribution in [0.25, 0.3) is 10.8 Å². The van der Waals surface area contributed by atoms with E-state index in [2.05, 4.69) is 15.3 Å². The maximum atomic E-state index is 13.0. The van der Waals surface area contributed by atoms with E-state index >= 15 is 0 Å². The second-order valence-corrected chi connectivity index (χ2v) is 5.97. The maximum absolute atomic E-state index is 13.0. The molecule has 7 heteroatoms.